The molecule has 4 aliphatic carbocycles. The molecule has 0 saturated carbocycles. The second kappa shape index (κ2) is 11.1. The van der Waals surface area contributed by atoms with Crippen molar-refractivity contribution in [2.75, 3.05) is 10.2 Å². The number of nitrogens with zero attached hydrogens (tertiary/aromatic N) is 1. The van der Waals surface area contributed by atoms with E-state index in [2.05, 4.69) is 156 Å². The van der Waals surface area contributed by atoms with E-state index in [-0.39, 0.29) is 17.9 Å². The molecule has 48 heavy (non-hydrogen) atoms. The first-order chi connectivity index (χ1) is 23.8. The number of fused-ring (bicyclic) bond motifs is 11. The highest BCUT2D eigenvalue weighted by atomic mass is 15.2. The van der Waals surface area contributed by atoms with E-state index < -0.39 is 0 Å². The fourth-order valence-electron chi connectivity index (χ4n) is 9.06. The molecule has 0 spiro atoms. The minimum Gasteiger partial charge on any atom is -0.359 e. The molecule has 1 aliphatic heterocycles. The SMILES string of the molecule is C1=CCCC(Nc2ccc3ccccc3c2C2C=C(N3c4c(c5c6c(ccc5c5ccccc45)=CCCC=6)C4C=CC=CC43)C=CC2)=C1. The number of benzene rings is 5. The van der Waals surface area contributed by atoms with E-state index in [1.165, 1.54) is 76.7 Å². The van der Waals surface area contributed by atoms with Gasteiger partial charge in [-0.05, 0) is 98.8 Å². The molecule has 10 rings (SSSR count). The lowest BCUT2D eigenvalue weighted by molar-refractivity contribution is 0.721. The number of hydrogen-bond acceptors (Lipinski definition) is 2. The predicted octanol–water partition coefficient (Wildman–Crippen LogP) is 10.2. The Morgan fingerprint density at radius 1 is 0.688 bits per heavy atom. The molecule has 2 nitrogen and oxygen atoms in total. The number of allylic oxidation sites excluding steroid dienone is 9. The van der Waals surface area contributed by atoms with Crippen LogP contribution in [0.1, 0.15) is 55.1 Å². The zero-order chi connectivity index (χ0) is 31.6. The predicted molar refractivity (Wildman–Crippen MR) is 205 cm³/mol. The summed E-state index contributed by atoms with van der Waals surface area (Å²) >= 11 is 0. The minimum absolute atomic E-state index is 0.223. The van der Waals surface area contributed by atoms with E-state index in [0.29, 0.717) is 0 Å². The van der Waals surface area contributed by atoms with Crippen molar-refractivity contribution in [1.29, 1.82) is 0 Å². The first-order valence-electron chi connectivity index (χ1n) is 17.7. The van der Waals surface area contributed by atoms with E-state index in [1.54, 1.807) is 0 Å². The normalized spacial score (nSPS) is 22.2. The number of anilines is 2. The van der Waals surface area contributed by atoms with Gasteiger partial charge in [0.1, 0.15) is 0 Å². The van der Waals surface area contributed by atoms with Gasteiger partial charge in [0.2, 0.25) is 0 Å². The Morgan fingerprint density at radius 3 is 2.46 bits per heavy atom. The van der Waals surface area contributed by atoms with Crippen molar-refractivity contribution in [3.05, 3.63) is 167 Å². The van der Waals surface area contributed by atoms with Crippen LogP contribution in [0.3, 0.4) is 0 Å². The van der Waals surface area contributed by atoms with E-state index in [9.17, 15) is 0 Å². The average molecular weight is 619 g/mol. The summed E-state index contributed by atoms with van der Waals surface area (Å²) in [5.41, 5.74) is 8.06. The fraction of sp³-hybridized carbons (Fsp3) is 0.174. The van der Waals surface area contributed by atoms with Crippen molar-refractivity contribution < 1.29 is 0 Å². The van der Waals surface area contributed by atoms with Crippen LogP contribution in [0.2, 0.25) is 0 Å². The van der Waals surface area contributed by atoms with Crippen LogP contribution in [0.25, 0.3) is 44.5 Å². The molecule has 5 aliphatic rings. The maximum Gasteiger partial charge on any atom is 0.0629 e. The Balaban J connectivity index is 1.21. The van der Waals surface area contributed by atoms with Gasteiger partial charge in [0.05, 0.1) is 11.7 Å². The average Bonchev–Trinajstić information content (AvgIpc) is 3.50. The van der Waals surface area contributed by atoms with E-state index in [1.807, 2.05) is 0 Å². The highest BCUT2D eigenvalue weighted by Crippen LogP contribution is 2.53. The van der Waals surface area contributed by atoms with Crippen LogP contribution < -0.4 is 20.7 Å². The summed E-state index contributed by atoms with van der Waals surface area (Å²) < 4.78 is 0. The molecule has 0 aromatic heterocycles. The van der Waals surface area contributed by atoms with Crippen LogP contribution in [0.4, 0.5) is 11.4 Å². The molecule has 1 heterocycles. The Morgan fingerprint density at radius 2 is 1.54 bits per heavy atom. The van der Waals surface area contributed by atoms with E-state index in [0.717, 1.165) is 32.1 Å². The Bertz CT molecular complexity index is 2480. The van der Waals surface area contributed by atoms with Crippen molar-refractivity contribution >= 4 is 55.8 Å². The summed E-state index contributed by atoms with van der Waals surface area (Å²) in [6.07, 6.45) is 33.7. The Kier molecular flexibility index (Phi) is 6.43. The summed E-state index contributed by atoms with van der Waals surface area (Å²) in [7, 11) is 0. The molecule has 3 unspecified atom stereocenters. The van der Waals surface area contributed by atoms with Crippen molar-refractivity contribution in [2.24, 2.45) is 0 Å². The van der Waals surface area contributed by atoms with Crippen LogP contribution in [-0.4, -0.2) is 6.04 Å². The largest absolute Gasteiger partial charge is 0.359 e. The fourth-order valence-corrected chi connectivity index (χ4v) is 9.06. The summed E-state index contributed by atoms with van der Waals surface area (Å²) in [5, 5.41) is 14.8. The molecular weight excluding hydrogens is 581 g/mol. The molecule has 5 aromatic carbocycles. The number of rotatable bonds is 4. The van der Waals surface area contributed by atoms with Gasteiger partial charge < -0.3 is 10.2 Å². The zero-order valence-electron chi connectivity index (χ0n) is 27.1. The highest BCUT2D eigenvalue weighted by molar-refractivity contribution is 6.17. The molecule has 0 fully saturated rings. The quantitative estimate of drug-likeness (QED) is 0.202. The first-order valence-corrected chi connectivity index (χ1v) is 17.7. The van der Waals surface area contributed by atoms with Crippen LogP contribution in [0.15, 0.2) is 145 Å². The molecule has 0 saturated heterocycles. The lowest BCUT2D eigenvalue weighted by atomic mass is 9.84. The van der Waals surface area contributed by atoms with Crippen LogP contribution in [0.5, 0.6) is 0 Å². The van der Waals surface area contributed by atoms with E-state index >= 15 is 0 Å². The molecule has 0 bridgehead atoms. The third-order valence-corrected chi connectivity index (χ3v) is 11.1. The maximum atomic E-state index is 3.87. The lowest BCUT2D eigenvalue weighted by Gasteiger charge is -2.33. The molecule has 1 N–H and O–H groups in total. The summed E-state index contributed by atoms with van der Waals surface area (Å²) in [4.78, 5) is 2.68. The third kappa shape index (κ3) is 4.25. The van der Waals surface area contributed by atoms with Gasteiger partial charge >= 0.3 is 0 Å². The Labute approximate surface area is 281 Å². The van der Waals surface area contributed by atoms with Crippen molar-refractivity contribution in [3.63, 3.8) is 0 Å². The van der Waals surface area contributed by atoms with Gasteiger partial charge in [-0.15, -0.1) is 0 Å². The van der Waals surface area contributed by atoms with Crippen molar-refractivity contribution in [1.82, 2.24) is 0 Å². The van der Waals surface area contributed by atoms with Gasteiger partial charge in [-0.1, -0.05) is 127 Å². The Hall–Kier alpha value is -5.34. The van der Waals surface area contributed by atoms with Crippen LogP contribution in [-0.2, 0) is 0 Å². The standard InChI is InChI=1S/C46H38N2/c1-2-16-33(17-3-1)47-41-28-26-31-14-4-6-19-35(31)43(41)32-15-12-18-34(29-32)48-42-24-11-10-23-40(42)45-44-36-20-7-5-13-30(36)25-27-38(44)37-21-8-9-22-39(37)46(45)48/h1-2,4,6,8-14,16,18-29,32,40,42,47H,3,5,7,15,17H2. The van der Waals surface area contributed by atoms with Gasteiger partial charge in [0, 0.05) is 34.3 Å². The molecule has 232 valence electrons. The lowest BCUT2D eigenvalue weighted by Crippen LogP contribution is -2.32. The van der Waals surface area contributed by atoms with Gasteiger partial charge in [-0.3, -0.25) is 0 Å². The van der Waals surface area contributed by atoms with Crippen LogP contribution >= 0.6 is 0 Å². The molecule has 0 radical (unpaired) electrons. The third-order valence-electron chi connectivity index (χ3n) is 11.1. The maximum absolute atomic E-state index is 3.87. The molecule has 2 heteroatoms. The van der Waals surface area contributed by atoms with Gasteiger partial charge in [0.15, 0.2) is 0 Å². The second-order valence-corrected chi connectivity index (χ2v) is 13.8. The first kappa shape index (κ1) is 27.7. The molecular formula is C46H38N2. The summed E-state index contributed by atoms with van der Waals surface area (Å²) in [5.74, 6) is 0.529. The van der Waals surface area contributed by atoms with Crippen molar-refractivity contribution in [3.8, 4) is 0 Å². The number of hydrogen-bond donors (Lipinski definition) is 1. The smallest absolute Gasteiger partial charge is 0.0629 e. The minimum atomic E-state index is 0.223. The van der Waals surface area contributed by atoms with Gasteiger partial charge in [-0.25, -0.2) is 0 Å². The zero-order valence-corrected chi connectivity index (χ0v) is 27.1. The number of nitrogens with one attached hydrogen (secondary N) is 1. The second-order valence-electron chi connectivity index (χ2n) is 13.8. The van der Waals surface area contributed by atoms with E-state index in [4.69, 9.17) is 0 Å². The van der Waals surface area contributed by atoms with Crippen molar-refractivity contribution in [2.45, 2.75) is 50.0 Å². The van der Waals surface area contributed by atoms with Gasteiger partial charge in [-0.2, -0.15) is 0 Å². The van der Waals surface area contributed by atoms with Gasteiger partial charge in [0.25, 0.3) is 0 Å². The van der Waals surface area contributed by atoms with Crippen LogP contribution in [0, 0.1) is 0 Å². The molecule has 5 aromatic rings. The highest BCUT2D eigenvalue weighted by Gasteiger charge is 2.41. The molecule has 3 atom stereocenters. The summed E-state index contributed by atoms with van der Waals surface area (Å²) in [6, 6.07) is 27.5. The monoisotopic (exact) mass is 618 g/mol. The molecule has 0 amide bonds. The summed E-state index contributed by atoms with van der Waals surface area (Å²) in [6.45, 7) is 0. The topological polar surface area (TPSA) is 15.3 Å².